The van der Waals surface area contributed by atoms with Crippen LogP contribution in [0.2, 0.25) is 0 Å². The minimum Gasteiger partial charge on any atom is -0.422 e. The van der Waals surface area contributed by atoms with Crippen molar-refractivity contribution in [3.8, 4) is 16.8 Å². The van der Waals surface area contributed by atoms with Crippen LogP contribution in [-0.4, -0.2) is 69.6 Å². The summed E-state index contributed by atoms with van der Waals surface area (Å²) in [4.78, 5) is 4.93. The van der Waals surface area contributed by atoms with E-state index in [0.29, 0.717) is 67.6 Å². The molecule has 1 aliphatic rings. The van der Waals surface area contributed by atoms with Gasteiger partial charge in [-0.2, -0.15) is 14.7 Å². The third kappa shape index (κ3) is 5.05. The van der Waals surface area contributed by atoms with E-state index < -0.39 is 15.4 Å². The maximum atomic E-state index is 13.1. The molecule has 1 saturated carbocycles. The highest BCUT2D eigenvalue weighted by Crippen LogP contribution is 2.47. The van der Waals surface area contributed by atoms with Gasteiger partial charge in [-0.05, 0) is 37.8 Å². The highest BCUT2D eigenvalue weighted by Gasteiger charge is 2.44. The topological polar surface area (TPSA) is 166 Å². The lowest BCUT2D eigenvalue weighted by Gasteiger charge is -2.37. The van der Waals surface area contributed by atoms with Gasteiger partial charge in [-0.15, -0.1) is 10.2 Å². The molecule has 0 unspecified atom stereocenters. The van der Waals surface area contributed by atoms with Gasteiger partial charge in [0.1, 0.15) is 16.3 Å². The monoisotopic (exact) mass is 592 g/mol. The number of fused-ring (bicyclic) bond motifs is 1. The Labute approximate surface area is 242 Å². The van der Waals surface area contributed by atoms with Crippen LogP contribution in [0.5, 0.6) is 0 Å². The second-order valence-corrected chi connectivity index (χ2v) is 12.5. The molecular formula is C28H32N8O5S. The molecule has 0 spiro atoms. The molecule has 0 radical (unpaired) electrons. The molecule has 1 fully saturated rings. The lowest BCUT2D eigenvalue weighted by Crippen LogP contribution is -2.36. The van der Waals surface area contributed by atoms with E-state index in [1.807, 2.05) is 36.5 Å². The molecule has 0 aliphatic heterocycles. The van der Waals surface area contributed by atoms with Gasteiger partial charge in [0, 0.05) is 43.5 Å². The molecule has 42 heavy (non-hydrogen) atoms. The molecule has 220 valence electrons. The van der Waals surface area contributed by atoms with Gasteiger partial charge in [0.25, 0.3) is 0 Å². The largest absolute Gasteiger partial charge is 0.422 e. The van der Waals surface area contributed by atoms with Gasteiger partial charge in [0.2, 0.25) is 11.8 Å². The second kappa shape index (κ2) is 10.9. The summed E-state index contributed by atoms with van der Waals surface area (Å²) in [7, 11) is -2.13. The number of nitrogens with zero attached hydrogens (tertiary/aromatic N) is 7. The number of nitrogens with two attached hydrogens (primary N) is 1. The molecule has 1 aromatic carbocycles. The molecule has 0 saturated heterocycles. The zero-order chi connectivity index (χ0) is 29.5. The van der Waals surface area contributed by atoms with Crippen LogP contribution in [0.15, 0.2) is 58.2 Å². The number of hydrogen-bond acceptors (Lipinski definition) is 11. The first-order valence-electron chi connectivity index (χ1n) is 13.6. The van der Waals surface area contributed by atoms with Crippen molar-refractivity contribution in [2.75, 3.05) is 32.3 Å². The fourth-order valence-corrected chi connectivity index (χ4v) is 6.70. The normalized spacial score (nSPS) is 19.5. The Morgan fingerprint density at radius 1 is 1.10 bits per heavy atom. The number of aryl methyl sites for hydroxylation is 1. The third-order valence-electron chi connectivity index (χ3n) is 7.71. The van der Waals surface area contributed by atoms with Gasteiger partial charge in [-0.3, -0.25) is 0 Å². The smallest absolute Gasteiger partial charge is 0.248 e. The second-order valence-electron chi connectivity index (χ2n) is 10.5. The molecule has 4 heterocycles. The minimum absolute atomic E-state index is 0.00364. The number of sulfone groups is 1. The van der Waals surface area contributed by atoms with Gasteiger partial charge >= 0.3 is 0 Å². The van der Waals surface area contributed by atoms with Gasteiger partial charge in [-0.25, -0.2) is 18.1 Å². The van der Waals surface area contributed by atoms with Gasteiger partial charge in [-0.1, -0.05) is 18.2 Å². The summed E-state index contributed by atoms with van der Waals surface area (Å²) < 4.78 is 46.6. The van der Waals surface area contributed by atoms with Crippen molar-refractivity contribution in [2.24, 2.45) is 0 Å². The van der Waals surface area contributed by atoms with Crippen molar-refractivity contribution >= 4 is 21.3 Å². The van der Waals surface area contributed by atoms with Crippen molar-refractivity contribution in [3.63, 3.8) is 0 Å². The van der Waals surface area contributed by atoms with Crippen LogP contribution in [-0.2, 0) is 24.9 Å². The lowest BCUT2D eigenvalue weighted by molar-refractivity contribution is -0.108. The van der Waals surface area contributed by atoms with Crippen molar-refractivity contribution in [1.82, 2.24) is 34.6 Å². The average Bonchev–Trinajstić information content (AvgIpc) is 3.73. The Balaban J connectivity index is 1.39. The lowest BCUT2D eigenvalue weighted by atomic mass is 9.77. The quantitative estimate of drug-likeness (QED) is 0.249. The number of nitrogen functional groups attached to an aromatic ring is 1. The first kappa shape index (κ1) is 28.0. The van der Waals surface area contributed by atoms with Crippen LogP contribution in [0.4, 0.5) is 5.82 Å². The van der Waals surface area contributed by atoms with E-state index in [0.717, 1.165) is 17.5 Å². The Morgan fingerprint density at radius 3 is 2.52 bits per heavy atom. The highest BCUT2D eigenvalue weighted by molar-refractivity contribution is 7.91. The molecular weight excluding hydrogens is 560 g/mol. The number of para-hydroxylation sites is 1. The van der Waals surface area contributed by atoms with E-state index in [4.69, 9.17) is 24.6 Å². The number of anilines is 1. The molecule has 4 aromatic heterocycles. The first-order valence-corrected chi connectivity index (χ1v) is 15.5. The summed E-state index contributed by atoms with van der Waals surface area (Å²) in [5.41, 5.74) is 8.98. The van der Waals surface area contributed by atoms with E-state index in [1.54, 1.807) is 31.1 Å². The first-order chi connectivity index (χ1) is 20.2. The van der Waals surface area contributed by atoms with E-state index in [2.05, 4.69) is 20.4 Å². The zero-order valence-electron chi connectivity index (χ0n) is 23.6. The Bertz CT molecular complexity index is 1820. The predicted octanol–water partition coefficient (Wildman–Crippen LogP) is 3.48. The molecule has 0 atom stereocenters. The molecule has 5 aromatic rings. The molecule has 13 nitrogen and oxygen atoms in total. The fourth-order valence-electron chi connectivity index (χ4n) is 5.64. The molecule has 6 rings (SSSR count). The number of ether oxygens (including phenoxy) is 2. The summed E-state index contributed by atoms with van der Waals surface area (Å²) in [5.74, 6) is 0.680. The van der Waals surface area contributed by atoms with E-state index in [-0.39, 0.29) is 16.6 Å². The van der Waals surface area contributed by atoms with Crippen molar-refractivity contribution < 1.29 is 22.3 Å². The Hall–Kier alpha value is -4.14. The molecule has 0 amide bonds. The number of methoxy groups -OCH3 is 1. The van der Waals surface area contributed by atoms with Crippen molar-refractivity contribution in [1.29, 1.82) is 0 Å². The summed E-state index contributed by atoms with van der Waals surface area (Å²) >= 11 is 0. The van der Waals surface area contributed by atoms with Crippen LogP contribution >= 0.6 is 0 Å². The van der Waals surface area contributed by atoms with E-state index in [9.17, 15) is 8.42 Å². The summed E-state index contributed by atoms with van der Waals surface area (Å²) in [6.45, 7) is 2.50. The molecule has 14 heteroatoms. The van der Waals surface area contributed by atoms with Crippen LogP contribution in [0, 0.1) is 6.92 Å². The van der Waals surface area contributed by atoms with Crippen LogP contribution in [0.1, 0.15) is 49.1 Å². The maximum absolute atomic E-state index is 13.1. The van der Waals surface area contributed by atoms with Crippen LogP contribution < -0.4 is 5.73 Å². The fraction of sp³-hybridized carbons (Fsp3) is 0.393. The number of rotatable bonds is 9. The standard InChI is InChI=1S/C28H32N8O5S/c1-18-33-34-27(41-18)28(40-14-13-39-2)11-9-19(10-12-28)23-24(42(3,37)38)25(29)36-26(32-23)22(16-31-36)20-15-30-35(17-20)21-7-5-4-6-8-21/h4-8,15-17,19H,9-14,29H2,1-3H3/t19-,28+. The number of benzene rings is 1. The highest BCUT2D eigenvalue weighted by atomic mass is 32.2. The van der Waals surface area contributed by atoms with Gasteiger partial charge < -0.3 is 19.6 Å². The van der Waals surface area contributed by atoms with E-state index >= 15 is 0 Å². The zero-order valence-corrected chi connectivity index (χ0v) is 24.4. The number of hydrogen-bond donors (Lipinski definition) is 1. The average molecular weight is 593 g/mol. The summed E-state index contributed by atoms with van der Waals surface area (Å²) in [6.07, 6.45) is 8.56. The van der Waals surface area contributed by atoms with Crippen molar-refractivity contribution in [3.05, 3.63) is 66.4 Å². The van der Waals surface area contributed by atoms with Crippen LogP contribution in [0.3, 0.4) is 0 Å². The SMILES string of the molecule is COCCO[C@]1(c2nnc(C)o2)CC[C@H](c2nc3c(-c4cnn(-c5ccccc5)c4)cnn3c(N)c2S(C)(=O)=O)CC1. The van der Waals surface area contributed by atoms with E-state index in [1.165, 1.54) is 4.52 Å². The summed E-state index contributed by atoms with van der Waals surface area (Å²) in [6, 6.07) is 9.73. The van der Waals surface area contributed by atoms with Gasteiger partial charge in [0.05, 0.1) is 37.0 Å². The maximum Gasteiger partial charge on any atom is 0.248 e. The Morgan fingerprint density at radius 2 is 1.86 bits per heavy atom. The molecule has 0 bridgehead atoms. The van der Waals surface area contributed by atoms with Gasteiger partial charge in [0.15, 0.2) is 15.5 Å². The Kier molecular flexibility index (Phi) is 7.29. The molecule has 1 aliphatic carbocycles. The number of aromatic nitrogens is 7. The predicted molar refractivity (Wildman–Crippen MR) is 153 cm³/mol. The third-order valence-corrected chi connectivity index (χ3v) is 8.87. The van der Waals surface area contributed by atoms with Crippen molar-refractivity contribution in [2.45, 2.75) is 49.0 Å². The summed E-state index contributed by atoms with van der Waals surface area (Å²) in [5, 5.41) is 17.2. The molecule has 2 N–H and O–H groups in total. The minimum atomic E-state index is -3.74. The van der Waals surface area contributed by atoms with Crippen LogP contribution in [0.25, 0.3) is 22.5 Å².